The maximum atomic E-state index is 11.7. The summed E-state index contributed by atoms with van der Waals surface area (Å²) in [5.41, 5.74) is 3.45. The third-order valence-electron chi connectivity index (χ3n) is 4.79. The predicted molar refractivity (Wildman–Crippen MR) is 98.6 cm³/mol. The molecule has 2 aliphatic rings. The van der Waals surface area contributed by atoms with Gasteiger partial charge in [0, 0.05) is 40.7 Å². The molecule has 0 amide bonds. The van der Waals surface area contributed by atoms with Crippen molar-refractivity contribution in [2.45, 2.75) is 31.8 Å². The quantitative estimate of drug-likeness (QED) is 0.612. The predicted octanol–water partition coefficient (Wildman–Crippen LogP) is 3.59. The lowest BCUT2D eigenvalue weighted by Gasteiger charge is -2.24. The van der Waals surface area contributed by atoms with E-state index in [1.54, 1.807) is 12.1 Å². The van der Waals surface area contributed by atoms with Gasteiger partial charge < -0.3 is 0 Å². The van der Waals surface area contributed by atoms with Gasteiger partial charge in [-0.25, -0.2) is 0 Å². The van der Waals surface area contributed by atoms with Crippen LogP contribution < -0.4 is 0 Å². The minimum atomic E-state index is -0.430. The summed E-state index contributed by atoms with van der Waals surface area (Å²) in [5.74, 6) is 0.188. The minimum absolute atomic E-state index is 0.0249. The zero-order chi connectivity index (χ0) is 18.4. The van der Waals surface area contributed by atoms with Gasteiger partial charge in [-0.3, -0.25) is 19.9 Å². The Kier molecular flexibility index (Phi) is 4.00. The summed E-state index contributed by atoms with van der Waals surface area (Å²) in [6.07, 6.45) is 1.26. The molecule has 6 nitrogen and oxygen atoms in total. The zero-order valence-electron chi connectivity index (χ0n) is 14.1. The van der Waals surface area contributed by atoms with E-state index in [2.05, 4.69) is 0 Å². The average molecular weight is 370 g/mol. The molecule has 2 aromatic carbocycles. The van der Waals surface area contributed by atoms with Crippen LogP contribution in [0.2, 0.25) is 5.02 Å². The molecule has 0 N–H and O–H groups in total. The topological polar surface area (TPSA) is 75.8 Å². The number of hydrogen-bond donors (Lipinski definition) is 0. The molecule has 0 bridgehead atoms. The van der Waals surface area contributed by atoms with E-state index in [4.69, 9.17) is 16.7 Å². The van der Waals surface area contributed by atoms with E-state index in [0.29, 0.717) is 17.2 Å². The first-order valence-electron chi connectivity index (χ1n) is 8.37. The molecule has 0 spiro atoms. The third kappa shape index (κ3) is 2.97. The second-order valence-corrected chi connectivity index (χ2v) is 7.11. The summed E-state index contributed by atoms with van der Waals surface area (Å²) in [6.45, 7) is 2.05. The number of fused-ring (bicyclic) bond motifs is 1. The summed E-state index contributed by atoms with van der Waals surface area (Å²) in [5, 5.41) is 18.2. The SMILES string of the molecule is CC1Cc2ccc(Cl)cc2C(c2ccc([N+](=O)[O-])cc2)=NN1C1CC1=O. The monoisotopic (exact) mass is 369 g/mol. The lowest BCUT2D eigenvalue weighted by Crippen LogP contribution is -2.32. The molecule has 2 aromatic rings. The summed E-state index contributed by atoms with van der Waals surface area (Å²) < 4.78 is 0. The van der Waals surface area contributed by atoms with Crippen molar-refractivity contribution in [3.63, 3.8) is 0 Å². The summed E-state index contributed by atoms with van der Waals surface area (Å²) >= 11 is 6.21. The van der Waals surface area contributed by atoms with Crippen LogP contribution in [0.4, 0.5) is 5.69 Å². The van der Waals surface area contributed by atoms with Gasteiger partial charge >= 0.3 is 0 Å². The van der Waals surface area contributed by atoms with Gasteiger partial charge in [-0.15, -0.1) is 0 Å². The van der Waals surface area contributed by atoms with Crippen molar-refractivity contribution >= 4 is 28.8 Å². The van der Waals surface area contributed by atoms with Crippen molar-refractivity contribution in [2.75, 3.05) is 0 Å². The molecule has 0 radical (unpaired) electrons. The van der Waals surface area contributed by atoms with Crippen LogP contribution in [0.25, 0.3) is 0 Å². The maximum Gasteiger partial charge on any atom is 0.269 e. The van der Waals surface area contributed by atoms with Crippen molar-refractivity contribution in [1.82, 2.24) is 5.01 Å². The van der Waals surface area contributed by atoms with E-state index in [9.17, 15) is 14.9 Å². The van der Waals surface area contributed by atoms with E-state index in [1.807, 2.05) is 30.1 Å². The largest absolute Gasteiger partial charge is 0.297 e. The number of nitro groups is 1. The van der Waals surface area contributed by atoms with Crippen LogP contribution in [0.15, 0.2) is 47.6 Å². The number of nitrogens with zero attached hydrogens (tertiary/aromatic N) is 3. The van der Waals surface area contributed by atoms with Gasteiger partial charge in [-0.1, -0.05) is 17.7 Å². The standard InChI is InChI=1S/C19H16ClN3O3/c1-11-8-13-2-5-14(20)9-16(13)19(21-22(11)17-10-18(17)24)12-3-6-15(7-4-12)23(25)26/h2-7,9,11,17H,8,10H2,1H3. The van der Waals surface area contributed by atoms with Crippen molar-refractivity contribution in [1.29, 1.82) is 0 Å². The van der Waals surface area contributed by atoms with Crippen molar-refractivity contribution in [3.8, 4) is 0 Å². The Labute approximate surface area is 155 Å². The fourth-order valence-electron chi connectivity index (χ4n) is 3.33. The number of carbonyl (C=O) groups excluding carboxylic acids is 1. The van der Waals surface area contributed by atoms with Crippen LogP contribution in [0.5, 0.6) is 0 Å². The highest BCUT2D eigenvalue weighted by Crippen LogP contribution is 2.32. The summed E-state index contributed by atoms with van der Waals surface area (Å²) in [4.78, 5) is 22.2. The first-order chi connectivity index (χ1) is 12.4. The van der Waals surface area contributed by atoms with Gasteiger partial charge in [0.1, 0.15) is 6.04 Å². The number of rotatable bonds is 3. The fraction of sp³-hybridized carbons (Fsp3) is 0.263. The molecule has 1 aliphatic heterocycles. The van der Waals surface area contributed by atoms with E-state index < -0.39 is 4.92 Å². The molecule has 2 atom stereocenters. The van der Waals surface area contributed by atoms with Crippen LogP contribution in [-0.4, -0.2) is 33.5 Å². The first kappa shape index (κ1) is 16.7. The number of Topliss-reactive ketones (excluding diaryl/α,β-unsaturated/α-hetero) is 1. The van der Waals surface area contributed by atoms with Gasteiger partial charge in [0.05, 0.1) is 10.6 Å². The first-order valence-corrected chi connectivity index (χ1v) is 8.75. The Morgan fingerprint density at radius 2 is 1.88 bits per heavy atom. The fourth-order valence-corrected chi connectivity index (χ4v) is 3.50. The van der Waals surface area contributed by atoms with E-state index in [1.165, 1.54) is 12.1 Å². The number of benzene rings is 2. The van der Waals surface area contributed by atoms with Crippen molar-refractivity contribution in [2.24, 2.45) is 5.10 Å². The number of hydrogen-bond acceptors (Lipinski definition) is 5. The molecule has 7 heteroatoms. The molecule has 0 aromatic heterocycles. The molecule has 2 unspecified atom stereocenters. The van der Waals surface area contributed by atoms with Gasteiger partial charge in [0.25, 0.3) is 5.69 Å². The number of ketones is 1. The molecule has 1 aliphatic carbocycles. The summed E-state index contributed by atoms with van der Waals surface area (Å²) in [7, 11) is 0. The van der Waals surface area contributed by atoms with Gasteiger partial charge in [-0.05, 0) is 43.2 Å². The second-order valence-electron chi connectivity index (χ2n) is 6.67. The van der Waals surface area contributed by atoms with E-state index in [-0.39, 0.29) is 23.6 Å². The maximum absolute atomic E-state index is 11.7. The third-order valence-corrected chi connectivity index (χ3v) is 5.02. The minimum Gasteiger partial charge on any atom is -0.297 e. The lowest BCUT2D eigenvalue weighted by molar-refractivity contribution is -0.384. The zero-order valence-corrected chi connectivity index (χ0v) is 14.8. The molecule has 1 fully saturated rings. The smallest absolute Gasteiger partial charge is 0.269 e. The van der Waals surface area contributed by atoms with Crippen LogP contribution in [-0.2, 0) is 11.2 Å². The van der Waals surface area contributed by atoms with Crippen LogP contribution >= 0.6 is 11.6 Å². The Morgan fingerprint density at radius 3 is 2.50 bits per heavy atom. The number of hydrazone groups is 1. The molecular weight excluding hydrogens is 354 g/mol. The molecule has 1 saturated carbocycles. The van der Waals surface area contributed by atoms with Crippen molar-refractivity contribution in [3.05, 3.63) is 74.3 Å². The normalized spacial score (nSPS) is 21.7. The number of carbonyl (C=O) groups is 1. The molecule has 132 valence electrons. The Bertz CT molecular complexity index is 940. The molecule has 4 rings (SSSR count). The number of non-ortho nitro benzene ring substituents is 1. The Morgan fingerprint density at radius 1 is 1.19 bits per heavy atom. The lowest BCUT2D eigenvalue weighted by atomic mass is 9.94. The summed E-state index contributed by atoms with van der Waals surface area (Å²) in [6, 6.07) is 11.9. The highest BCUT2D eigenvalue weighted by Gasteiger charge is 2.43. The molecule has 0 saturated heterocycles. The van der Waals surface area contributed by atoms with Crippen LogP contribution in [0.3, 0.4) is 0 Å². The molecular formula is C19H16ClN3O3. The van der Waals surface area contributed by atoms with E-state index >= 15 is 0 Å². The highest BCUT2D eigenvalue weighted by atomic mass is 35.5. The molecule has 26 heavy (non-hydrogen) atoms. The highest BCUT2D eigenvalue weighted by molar-refractivity contribution is 6.31. The molecule has 1 heterocycles. The van der Waals surface area contributed by atoms with Gasteiger partial charge in [-0.2, -0.15) is 5.10 Å². The van der Waals surface area contributed by atoms with E-state index in [0.717, 1.165) is 23.1 Å². The van der Waals surface area contributed by atoms with Crippen molar-refractivity contribution < 1.29 is 9.72 Å². The average Bonchev–Trinajstić information content (AvgIpc) is 3.35. The van der Waals surface area contributed by atoms with Crippen LogP contribution in [0.1, 0.15) is 30.0 Å². The Balaban J connectivity index is 1.85. The van der Waals surface area contributed by atoms with Gasteiger partial charge in [0.2, 0.25) is 0 Å². The Hall–Kier alpha value is -2.73. The number of nitro benzene ring substituents is 1. The van der Waals surface area contributed by atoms with Gasteiger partial charge in [0.15, 0.2) is 5.78 Å². The second kappa shape index (κ2) is 6.21. The van der Waals surface area contributed by atoms with Crippen LogP contribution in [0, 0.1) is 10.1 Å². The number of halogens is 1.